The average molecular weight is 585 g/mol. The van der Waals surface area contributed by atoms with Gasteiger partial charge in [-0.05, 0) is 67.7 Å². The van der Waals surface area contributed by atoms with Gasteiger partial charge in [0.1, 0.15) is 11.5 Å². The predicted octanol–water partition coefficient (Wildman–Crippen LogP) is 6.42. The van der Waals surface area contributed by atoms with Crippen molar-refractivity contribution >= 4 is 45.7 Å². The average Bonchev–Trinajstić information content (AvgIpc) is 2.96. The second kappa shape index (κ2) is 11.5. The highest BCUT2D eigenvalue weighted by molar-refractivity contribution is 7.99. The molecular formula is C33H37FN6OS. The van der Waals surface area contributed by atoms with E-state index >= 15 is 4.39 Å². The lowest BCUT2D eigenvalue weighted by molar-refractivity contribution is 0.404. The van der Waals surface area contributed by atoms with Crippen LogP contribution in [-0.2, 0) is 6.42 Å². The third-order valence-electron chi connectivity index (χ3n) is 8.14. The van der Waals surface area contributed by atoms with Crippen molar-refractivity contribution in [3.63, 3.8) is 0 Å². The van der Waals surface area contributed by atoms with E-state index in [4.69, 9.17) is 4.98 Å². The van der Waals surface area contributed by atoms with Crippen molar-refractivity contribution in [2.24, 2.45) is 5.92 Å². The minimum absolute atomic E-state index is 0.0805. The molecule has 4 heterocycles. The summed E-state index contributed by atoms with van der Waals surface area (Å²) in [6, 6.07) is 15.8. The molecule has 0 saturated carbocycles. The third kappa shape index (κ3) is 5.55. The summed E-state index contributed by atoms with van der Waals surface area (Å²) in [5.41, 5.74) is 4.22. The number of rotatable bonds is 6. The molecule has 2 N–H and O–H groups in total. The molecule has 0 amide bonds. The molecule has 0 aliphatic carbocycles. The van der Waals surface area contributed by atoms with E-state index in [1.165, 1.54) is 16.5 Å². The molecule has 0 bridgehead atoms. The molecule has 42 heavy (non-hydrogen) atoms. The summed E-state index contributed by atoms with van der Waals surface area (Å²) in [4.78, 5) is 26.8. The van der Waals surface area contributed by atoms with Gasteiger partial charge in [-0.3, -0.25) is 9.36 Å². The number of aromatic nitrogens is 3. The highest BCUT2D eigenvalue weighted by Gasteiger charge is 2.26. The Morgan fingerprint density at radius 3 is 2.64 bits per heavy atom. The van der Waals surface area contributed by atoms with Gasteiger partial charge in [0.25, 0.3) is 5.56 Å². The minimum Gasteiger partial charge on any atom is -0.366 e. The highest BCUT2D eigenvalue weighted by atomic mass is 32.2. The van der Waals surface area contributed by atoms with Crippen LogP contribution in [0, 0.1) is 11.7 Å². The Hall–Kier alpha value is -3.69. The van der Waals surface area contributed by atoms with Crippen molar-refractivity contribution in [3.05, 3.63) is 88.6 Å². The zero-order valence-electron chi connectivity index (χ0n) is 24.5. The molecule has 6 rings (SSSR count). The number of nitrogens with zero attached hydrogens (tertiary/aromatic N) is 4. The Morgan fingerprint density at radius 1 is 1.14 bits per heavy atom. The molecule has 218 valence electrons. The molecule has 0 spiro atoms. The second-order valence-electron chi connectivity index (χ2n) is 11.8. The van der Waals surface area contributed by atoms with Crippen LogP contribution in [0.15, 0.2) is 71.0 Å². The smallest absolute Gasteiger partial charge is 0.260 e. The molecule has 0 radical (unpaired) electrons. The first kappa shape index (κ1) is 28.4. The summed E-state index contributed by atoms with van der Waals surface area (Å²) in [7, 11) is 0. The van der Waals surface area contributed by atoms with E-state index in [1.54, 1.807) is 24.0 Å². The lowest BCUT2D eigenvalue weighted by atomic mass is 9.97. The van der Waals surface area contributed by atoms with Gasteiger partial charge in [-0.25, -0.2) is 9.37 Å². The Morgan fingerprint density at radius 2 is 1.90 bits per heavy atom. The maximum absolute atomic E-state index is 15.3. The van der Waals surface area contributed by atoms with E-state index in [9.17, 15) is 4.79 Å². The zero-order valence-corrected chi connectivity index (χ0v) is 25.3. The molecule has 9 heteroatoms. The molecule has 2 aliphatic rings. The van der Waals surface area contributed by atoms with Crippen molar-refractivity contribution in [2.75, 3.05) is 29.1 Å². The topological polar surface area (TPSA) is 75.1 Å². The SMILES string of the molecule is C=C(c1cc2cnc(Nc3ccc(N4C[C@@H](C)N[C@@H](C)C4)c(F)c3)nc2n(C2CSc3ccccc3C2)c1=O)C(C)C. The molecule has 1 unspecified atom stereocenters. The van der Waals surface area contributed by atoms with Crippen molar-refractivity contribution in [1.82, 2.24) is 19.9 Å². The molecule has 4 aromatic rings. The number of pyridine rings is 1. The van der Waals surface area contributed by atoms with E-state index < -0.39 is 0 Å². The first-order valence-electron chi connectivity index (χ1n) is 14.6. The van der Waals surface area contributed by atoms with E-state index in [1.807, 2.05) is 42.7 Å². The number of piperazine rings is 1. The molecule has 3 atom stereocenters. The van der Waals surface area contributed by atoms with Crippen LogP contribution in [0.25, 0.3) is 16.6 Å². The van der Waals surface area contributed by atoms with Gasteiger partial charge in [0.2, 0.25) is 5.95 Å². The largest absolute Gasteiger partial charge is 0.366 e. The summed E-state index contributed by atoms with van der Waals surface area (Å²) in [6.07, 6.45) is 2.47. The van der Waals surface area contributed by atoms with Crippen molar-refractivity contribution in [3.8, 4) is 0 Å². The number of hydrogen-bond donors (Lipinski definition) is 2. The fourth-order valence-electron chi connectivity index (χ4n) is 6.03. The molecule has 2 aliphatic heterocycles. The fraction of sp³-hybridized carbons (Fsp3) is 0.364. The van der Waals surface area contributed by atoms with Crippen LogP contribution < -0.4 is 21.1 Å². The van der Waals surface area contributed by atoms with Crippen LogP contribution in [0.4, 0.5) is 21.7 Å². The standard InChI is InChI=1S/C33H37FN6OS/c1-19(2)22(5)27-13-24-15-35-33(37-25-10-11-29(28(34)14-25)39-16-20(3)36-21(4)17-39)38-31(24)40(32(27)41)26-12-23-8-6-7-9-30(23)42-18-26/h6-11,13-15,19-21,26,36H,5,12,16-18H2,1-4H3,(H,35,37,38)/t20-,21+,26?. The number of anilines is 3. The highest BCUT2D eigenvalue weighted by Crippen LogP contribution is 2.36. The Kier molecular flexibility index (Phi) is 7.81. The van der Waals surface area contributed by atoms with Gasteiger partial charge in [-0.1, -0.05) is 38.6 Å². The Balaban J connectivity index is 1.36. The monoisotopic (exact) mass is 584 g/mol. The van der Waals surface area contributed by atoms with Crippen LogP contribution in [0.3, 0.4) is 0 Å². The van der Waals surface area contributed by atoms with Gasteiger partial charge in [0.05, 0.1) is 11.7 Å². The first-order valence-corrected chi connectivity index (χ1v) is 15.6. The van der Waals surface area contributed by atoms with Crippen LogP contribution in [0.5, 0.6) is 0 Å². The Labute approximate surface area is 250 Å². The maximum atomic E-state index is 15.3. The summed E-state index contributed by atoms with van der Waals surface area (Å²) >= 11 is 1.76. The van der Waals surface area contributed by atoms with Crippen LogP contribution >= 0.6 is 11.8 Å². The minimum atomic E-state index is -0.297. The summed E-state index contributed by atoms with van der Waals surface area (Å²) in [6.45, 7) is 14.0. The number of benzene rings is 2. The molecule has 7 nitrogen and oxygen atoms in total. The molecular weight excluding hydrogens is 547 g/mol. The molecule has 2 aromatic heterocycles. The Bertz CT molecular complexity index is 1710. The van der Waals surface area contributed by atoms with Crippen molar-refractivity contribution in [1.29, 1.82) is 0 Å². The summed E-state index contributed by atoms with van der Waals surface area (Å²) in [5, 5.41) is 7.43. The predicted molar refractivity (Wildman–Crippen MR) is 172 cm³/mol. The van der Waals surface area contributed by atoms with Gasteiger partial charge in [0, 0.05) is 58.7 Å². The lowest BCUT2D eigenvalue weighted by Gasteiger charge is -2.37. The van der Waals surface area contributed by atoms with Crippen LogP contribution in [0.2, 0.25) is 0 Å². The van der Waals surface area contributed by atoms with Crippen molar-refractivity contribution in [2.45, 2.75) is 57.1 Å². The number of hydrogen-bond acceptors (Lipinski definition) is 7. The van der Waals surface area contributed by atoms with E-state index in [0.717, 1.165) is 36.2 Å². The van der Waals surface area contributed by atoms with Crippen LogP contribution in [0.1, 0.15) is 44.9 Å². The molecule has 1 saturated heterocycles. The lowest BCUT2D eigenvalue weighted by Crippen LogP contribution is -2.54. The summed E-state index contributed by atoms with van der Waals surface area (Å²) < 4.78 is 17.1. The zero-order chi connectivity index (χ0) is 29.5. The van der Waals surface area contributed by atoms with E-state index in [-0.39, 0.29) is 35.4 Å². The molecule has 2 aromatic carbocycles. The first-order chi connectivity index (χ1) is 20.2. The number of nitrogens with one attached hydrogen (secondary N) is 2. The normalized spacial score (nSPS) is 20.5. The number of thioether (sulfide) groups is 1. The fourth-order valence-corrected chi connectivity index (χ4v) is 7.18. The van der Waals surface area contributed by atoms with Gasteiger partial charge in [-0.2, -0.15) is 4.98 Å². The third-order valence-corrected chi connectivity index (χ3v) is 9.40. The van der Waals surface area contributed by atoms with Gasteiger partial charge in [-0.15, -0.1) is 11.8 Å². The number of halogens is 1. The maximum Gasteiger partial charge on any atom is 0.260 e. The number of allylic oxidation sites excluding steroid dienone is 1. The van der Waals surface area contributed by atoms with Gasteiger partial charge < -0.3 is 15.5 Å². The summed E-state index contributed by atoms with van der Waals surface area (Å²) in [5.74, 6) is 0.893. The second-order valence-corrected chi connectivity index (χ2v) is 12.9. The quantitative estimate of drug-likeness (QED) is 0.271. The molecule has 1 fully saturated rings. The van der Waals surface area contributed by atoms with Crippen molar-refractivity contribution < 1.29 is 4.39 Å². The van der Waals surface area contributed by atoms with E-state index in [2.05, 4.69) is 53.1 Å². The van der Waals surface area contributed by atoms with Gasteiger partial charge >= 0.3 is 0 Å². The van der Waals surface area contributed by atoms with Crippen LogP contribution in [-0.4, -0.2) is 45.5 Å². The van der Waals surface area contributed by atoms with Gasteiger partial charge in [0.15, 0.2) is 0 Å². The number of fused-ring (bicyclic) bond motifs is 2. The van der Waals surface area contributed by atoms with E-state index in [0.29, 0.717) is 28.5 Å².